The van der Waals surface area contributed by atoms with Gasteiger partial charge in [-0.1, -0.05) is 0 Å². The molecule has 0 spiro atoms. The number of fused-ring (bicyclic) bond motifs is 1. The highest BCUT2D eigenvalue weighted by Crippen LogP contribution is 2.33. The molecule has 0 saturated heterocycles. The smallest absolute Gasteiger partial charge is 0.308 e. The molecule has 2 aromatic rings. The molecule has 2 aromatic heterocycles. The van der Waals surface area contributed by atoms with E-state index in [9.17, 15) is 14.7 Å². The molecule has 0 bridgehead atoms. The van der Waals surface area contributed by atoms with Gasteiger partial charge >= 0.3 is 5.97 Å². The number of carbonyl (C=O) groups is 1. The fourth-order valence-corrected chi connectivity index (χ4v) is 2.31. The van der Waals surface area contributed by atoms with Gasteiger partial charge in [0.25, 0.3) is 5.56 Å². The minimum atomic E-state index is -0.637. The molecule has 0 unspecified atom stereocenters. The first-order valence-electron chi connectivity index (χ1n) is 4.50. The molecule has 0 radical (unpaired) electrons. The van der Waals surface area contributed by atoms with Crippen molar-refractivity contribution in [2.24, 2.45) is 7.05 Å². The molecule has 0 aliphatic heterocycles. The van der Waals surface area contributed by atoms with Crippen LogP contribution in [0.1, 0.15) is 6.92 Å². The average molecular weight is 239 g/mol. The van der Waals surface area contributed by atoms with E-state index in [-0.39, 0.29) is 11.5 Å². The first kappa shape index (κ1) is 10.7. The van der Waals surface area contributed by atoms with Gasteiger partial charge in [-0.25, -0.2) is 0 Å². The summed E-state index contributed by atoms with van der Waals surface area (Å²) in [6, 6.07) is 1.67. The Morgan fingerprint density at radius 3 is 2.88 bits per heavy atom. The molecule has 0 saturated carbocycles. The molecule has 1 N–H and O–H groups in total. The second kappa shape index (κ2) is 3.64. The molecule has 6 heteroatoms. The summed E-state index contributed by atoms with van der Waals surface area (Å²) in [6.45, 7) is 1.18. The zero-order valence-corrected chi connectivity index (χ0v) is 9.50. The van der Waals surface area contributed by atoms with Crippen LogP contribution in [-0.4, -0.2) is 15.6 Å². The average Bonchev–Trinajstić information content (AvgIpc) is 2.70. The van der Waals surface area contributed by atoms with Crippen molar-refractivity contribution in [2.45, 2.75) is 6.92 Å². The molecule has 16 heavy (non-hydrogen) atoms. The third-order valence-corrected chi connectivity index (χ3v) is 3.15. The van der Waals surface area contributed by atoms with E-state index < -0.39 is 11.5 Å². The van der Waals surface area contributed by atoms with Crippen molar-refractivity contribution in [1.29, 1.82) is 0 Å². The van der Waals surface area contributed by atoms with Gasteiger partial charge in [-0.15, -0.1) is 11.3 Å². The summed E-state index contributed by atoms with van der Waals surface area (Å²) < 4.78 is 6.06. The fourth-order valence-electron chi connectivity index (χ4n) is 1.45. The first-order valence-corrected chi connectivity index (χ1v) is 5.38. The minimum Gasteiger partial charge on any atom is -0.504 e. The van der Waals surface area contributed by atoms with Crippen LogP contribution < -0.4 is 10.3 Å². The van der Waals surface area contributed by atoms with Crippen LogP contribution in [0.5, 0.6) is 11.5 Å². The Morgan fingerprint density at radius 2 is 2.25 bits per heavy atom. The SMILES string of the molecule is CC(=O)Oc1c(O)c2ccsc2n(C)c1=O. The van der Waals surface area contributed by atoms with E-state index in [2.05, 4.69) is 0 Å². The Morgan fingerprint density at radius 1 is 1.56 bits per heavy atom. The van der Waals surface area contributed by atoms with Crippen LogP contribution in [0.15, 0.2) is 16.2 Å². The molecular formula is C10H9NO4S. The zero-order valence-electron chi connectivity index (χ0n) is 8.68. The number of esters is 1. The van der Waals surface area contributed by atoms with Crippen molar-refractivity contribution >= 4 is 27.5 Å². The van der Waals surface area contributed by atoms with Gasteiger partial charge in [-0.2, -0.15) is 0 Å². The Kier molecular flexibility index (Phi) is 2.43. The number of ether oxygens (including phenoxy) is 1. The lowest BCUT2D eigenvalue weighted by Crippen LogP contribution is -2.20. The maximum Gasteiger partial charge on any atom is 0.308 e. The van der Waals surface area contributed by atoms with Gasteiger partial charge in [0.1, 0.15) is 4.83 Å². The van der Waals surface area contributed by atoms with Gasteiger partial charge in [-0.05, 0) is 11.4 Å². The van der Waals surface area contributed by atoms with Crippen molar-refractivity contribution in [1.82, 2.24) is 4.57 Å². The second-order valence-electron chi connectivity index (χ2n) is 3.27. The molecule has 0 amide bonds. The lowest BCUT2D eigenvalue weighted by molar-refractivity contribution is -0.132. The van der Waals surface area contributed by atoms with Crippen LogP contribution in [0.2, 0.25) is 0 Å². The number of aryl methyl sites for hydroxylation is 1. The zero-order chi connectivity index (χ0) is 11.9. The van der Waals surface area contributed by atoms with Crippen LogP contribution >= 0.6 is 11.3 Å². The molecular weight excluding hydrogens is 230 g/mol. The fraction of sp³-hybridized carbons (Fsp3) is 0.200. The largest absolute Gasteiger partial charge is 0.504 e. The van der Waals surface area contributed by atoms with Crippen LogP contribution in [0.3, 0.4) is 0 Å². The maximum atomic E-state index is 11.8. The van der Waals surface area contributed by atoms with Crippen molar-refractivity contribution < 1.29 is 14.6 Å². The van der Waals surface area contributed by atoms with Crippen molar-refractivity contribution in [3.8, 4) is 11.5 Å². The summed E-state index contributed by atoms with van der Waals surface area (Å²) in [5, 5.41) is 12.1. The molecule has 0 atom stereocenters. The lowest BCUT2D eigenvalue weighted by Gasteiger charge is -2.07. The predicted octanol–water partition coefficient (Wildman–Crippen LogP) is 1.23. The summed E-state index contributed by atoms with van der Waals surface area (Å²) in [5.74, 6) is -1.24. The number of aromatic hydroxyl groups is 1. The van der Waals surface area contributed by atoms with E-state index in [1.54, 1.807) is 18.5 Å². The second-order valence-corrected chi connectivity index (χ2v) is 4.17. The number of thiophene rings is 1. The summed E-state index contributed by atoms with van der Waals surface area (Å²) in [7, 11) is 1.56. The molecule has 84 valence electrons. The van der Waals surface area contributed by atoms with E-state index in [1.165, 1.54) is 22.8 Å². The molecule has 2 heterocycles. The molecule has 5 nitrogen and oxygen atoms in total. The van der Waals surface area contributed by atoms with Crippen molar-refractivity contribution in [3.63, 3.8) is 0 Å². The van der Waals surface area contributed by atoms with Gasteiger partial charge in [0.15, 0.2) is 5.75 Å². The minimum absolute atomic E-state index is 0.283. The van der Waals surface area contributed by atoms with Gasteiger partial charge < -0.3 is 9.84 Å². The van der Waals surface area contributed by atoms with E-state index >= 15 is 0 Å². The Hall–Kier alpha value is -1.82. The van der Waals surface area contributed by atoms with Crippen LogP contribution in [0.25, 0.3) is 10.2 Å². The van der Waals surface area contributed by atoms with E-state index in [4.69, 9.17) is 4.74 Å². The molecule has 0 fully saturated rings. The normalized spacial score (nSPS) is 10.6. The van der Waals surface area contributed by atoms with Crippen LogP contribution in [-0.2, 0) is 11.8 Å². The van der Waals surface area contributed by atoms with Gasteiger partial charge in [0.05, 0.1) is 5.39 Å². The third-order valence-electron chi connectivity index (χ3n) is 2.16. The first-order chi connectivity index (χ1) is 7.52. The highest BCUT2D eigenvalue weighted by Gasteiger charge is 2.17. The topological polar surface area (TPSA) is 68.5 Å². The quantitative estimate of drug-likeness (QED) is 0.760. The summed E-state index contributed by atoms with van der Waals surface area (Å²) in [6.07, 6.45) is 0. The summed E-state index contributed by atoms with van der Waals surface area (Å²) >= 11 is 1.33. The standard InChI is InChI=1S/C10H9NO4S/c1-5(12)15-8-7(13)6-3-4-16-10(6)11(2)9(8)14/h3-4,13H,1-2H3. The number of hydrogen-bond donors (Lipinski definition) is 1. The molecule has 2 rings (SSSR count). The number of aromatic nitrogens is 1. The number of rotatable bonds is 1. The number of nitrogens with zero attached hydrogens (tertiary/aromatic N) is 1. The van der Waals surface area contributed by atoms with Gasteiger partial charge in [0.2, 0.25) is 5.75 Å². The molecule has 0 aliphatic carbocycles. The number of carbonyl (C=O) groups excluding carboxylic acids is 1. The highest BCUT2D eigenvalue weighted by atomic mass is 32.1. The van der Waals surface area contributed by atoms with Gasteiger partial charge in [0, 0.05) is 14.0 Å². The third kappa shape index (κ3) is 1.47. The van der Waals surface area contributed by atoms with E-state index in [0.717, 1.165) is 0 Å². The molecule has 0 aliphatic rings. The van der Waals surface area contributed by atoms with Crippen LogP contribution in [0.4, 0.5) is 0 Å². The number of pyridine rings is 1. The van der Waals surface area contributed by atoms with Gasteiger partial charge in [-0.3, -0.25) is 14.2 Å². The Balaban J connectivity index is 2.83. The van der Waals surface area contributed by atoms with Crippen molar-refractivity contribution in [2.75, 3.05) is 0 Å². The Bertz CT molecular complexity index is 626. The molecule has 0 aromatic carbocycles. The number of hydrogen-bond acceptors (Lipinski definition) is 5. The van der Waals surface area contributed by atoms with Crippen LogP contribution in [0, 0.1) is 0 Å². The van der Waals surface area contributed by atoms with Crippen molar-refractivity contribution in [3.05, 3.63) is 21.8 Å². The summed E-state index contributed by atoms with van der Waals surface area (Å²) in [4.78, 5) is 23.2. The monoisotopic (exact) mass is 239 g/mol. The van der Waals surface area contributed by atoms with E-state index in [1.807, 2.05) is 0 Å². The maximum absolute atomic E-state index is 11.8. The van der Waals surface area contributed by atoms with E-state index in [0.29, 0.717) is 10.2 Å². The predicted molar refractivity (Wildman–Crippen MR) is 60.0 cm³/mol. The summed E-state index contributed by atoms with van der Waals surface area (Å²) in [5.41, 5.74) is -0.525. The Labute approximate surface area is 94.5 Å². The highest BCUT2D eigenvalue weighted by molar-refractivity contribution is 7.16. The lowest BCUT2D eigenvalue weighted by atomic mass is 10.3.